The first-order valence-corrected chi connectivity index (χ1v) is 5.34. The number of ether oxygens (including phenoxy) is 2. The lowest BCUT2D eigenvalue weighted by molar-refractivity contribution is 0.242. The minimum absolute atomic E-state index is 0.00581. The lowest BCUT2D eigenvalue weighted by atomic mass is 9.99. The normalized spacial score (nSPS) is 32.7. The van der Waals surface area contributed by atoms with Gasteiger partial charge in [0, 0.05) is 6.42 Å². The van der Waals surface area contributed by atoms with E-state index in [2.05, 4.69) is 12.1 Å². The molecule has 1 N–H and O–H groups in total. The molecular formula is C12H14O3. The smallest absolute Gasteiger partial charge is 0.112 e. The van der Waals surface area contributed by atoms with E-state index in [1.165, 1.54) is 11.1 Å². The highest BCUT2D eigenvalue weighted by Crippen LogP contribution is 2.40. The van der Waals surface area contributed by atoms with Crippen molar-refractivity contribution in [3.63, 3.8) is 0 Å². The van der Waals surface area contributed by atoms with Gasteiger partial charge in [-0.15, -0.1) is 0 Å². The largest absolute Gasteiger partial charge is 0.394 e. The van der Waals surface area contributed by atoms with E-state index < -0.39 is 0 Å². The van der Waals surface area contributed by atoms with Crippen molar-refractivity contribution in [3.8, 4) is 0 Å². The molecule has 0 bridgehead atoms. The van der Waals surface area contributed by atoms with Crippen LogP contribution in [0.2, 0.25) is 0 Å². The van der Waals surface area contributed by atoms with Crippen LogP contribution in [0.3, 0.4) is 0 Å². The SMILES string of the molecule is OCC1OC1c1ccccc1CC1CO1. The summed E-state index contributed by atoms with van der Waals surface area (Å²) in [5.41, 5.74) is 2.51. The molecule has 3 rings (SSSR count). The first-order chi connectivity index (χ1) is 7.38. The molecule has 2 saturated heterocycles. The molecule has 15 heavy (non-hydrogen) atoms. The fourth-order valence-corrected chi connectivity index (χ4v) is 1.98. The average molecular weight is 206 g/mol. The van der Waals surface area contributed by atoms with E-state index in [1.54, 1.807) is 0 Å². The highest BCUT2D eigenvalue weighted by molar-refractivity contribution is 5.33. The molecule has 3 heteroatoms. The number of hydrogen-bond donors (Lipinski definition) is 1. The Morgan fingerprint density at radius 2 is 2.13 bits per heavy atom. The van der Waals surface area contributed by atoms with Crippen LogP contribution in [0.25, 0.3) is 0 Å². The van der Waals surface area contributed by atoms with Crippen LogP contribution in [0, 0.1) is 0 Å². The van der Waals surface area contributed by atoms with Crippen molar-refractivity contribution < 1.29 is 14.6 Å². The zero-order valence-electron chi connectivity index (χ0n) is 8.43. The van der Waals surface area contributed by atoms with E-state index in [0.29, 0.717) is 6.10 Å². The summed E-state index contributed by atoms with van der Waals surface area (Å²) in [5, 5.41) is 8.97. The van der Waals surface area contributed by atoms with E-state index in [9.17, 15) is 0 Å². The van der Waals surface area contributed by atoms with Crippen molar-refractivity contribution in [2.24, 2.45) is 0 Å². The second-order valence-electron chi connectivity index (χ2n) is 4.14. The minimum Gasteiger partial charge on any atom is -0.394 e. The van der Waals surface area contributed by atoms with Gasteiger partial charge in [0.05, 0.1) is 19.3 Å². The molecule has 2 aliphatic heterocycles. The Hall–Kier alpha value is -0.900. The van der Waals surface area contributed by atoms with Gasteiger partial charge in [-0.05, 0) is 11.1 Å². The van der Waals surface area contributed by atoms with Gasteiger partial charge in [0.1, 0.15) is 12.2 Å². The maximum atomic E-state index is 8.97. The maximum absolute atomic E-state index is 8.97. The van der Waals surface area contributed by atoms with E-state index in [1.807, 2.05) is 12.1 Å². The highest BCUT2D eigenvalue weighted by atomic mass is 16.6. The number of aliphatic hydroxyl groups excluding tert-OH is 1. The van der Waals surface area contributed by atoms with E-state index in [-0.39, 0.29) is 18.8 Å². The molecule has 2 fully saturated rings. The summed E-state index contributed by atoms with van der Waals surface area (Å²) in [6.45, 7) is 0.988. The van der Waals surface area contributed by atoms with Crippen molar-refractivity contribution in [2.45, 2.75) is 24.7 Å². The third-order valence-electron chi connectivity index (χ3n) is 2.97. The standard InChI is InChI=1S/C12H14O3/c13-6-11-12(15-11)10-4-2-1-3-8(10)5-9-7-14-9/h1-4,9,11-13H,5-7H2. The van der Waals surface area contributed by atoms with Crippen molar-refractivity contribution >= 4 is 0 Å². The molecule has 2 aliphatic rings. The van der Waals surface area contributed by atoms with Crippen LogP contribution < -0.4 is 0 Å². The topological polar surface area (TPSA) is 45.3 Å². The predicted octanol–water partition coefficient (Wildman–Crippen LogP) is 1.06. The Morgan fingerprint density at radius 1 is 1.33 bits per heavy atom. The number of benzene rings is 1. The molecule has 1 aromatic rings. The first kappa shape index (κ1) is 9.33. The number of hydrogen-bond acceptors (Lipinski definition) is 3. The Bertz CT molecular complexity index is 360. The predicted molar refractivity (Wildman–Crippen MR) is 54.6 cm³/mol. The number of epoxide rings is 2. The van der Waals surface area contributed by atoms with Gasteiger partial charge in [-0.2, -0.15) is 0 Å². The van der Waals surface area contributed by atoms with E-state index >= 15 is 0 Å². The summed E-state index contributed by atoms with van der Waals surface area (Å²) >= 11 is 0. The third kappa shape index (κ3) is 1.91. The highest BCUT2D eigenvalue weighted by Gasteiger charge is 2.41. The Kier molecular flexibility index (Phi) is 2.24. The minimum atomic E-state index is 0.00581. The fraction of sp³-hybridized carbons (Fsp3) is 0.500. The molecule has 0 aromatic heterocycles. The summed E-state index contributed by atoms with van der Waals surface area (Å²) in [5.74, 6) is 0. The zero-order chi connectivity index (χ0) is 10.3. The molecule has 80 valence electrons. The zero-order valence-corrected chi connectivity index (χ0v) is 8.43. The van der Waals surface area contributed by atoms with Gasteiger partial charge in [-0.3, -0.25) is 0 Å². The van der Waals surface area contributed by atoms with Gasteiger partial charge in [0.25, 0.3) is 0 Å². The molecule has 1 aromatic carbocycles. The Morgan fingerprint density at radius 3 is 2.80 bits per heavy atom. The van der Waals surface area contributed by atoms with E-state index in [4.69, 9.17) is 14.6 Å². The molecule has 0 radical (unpaired) electrons. The first-order valence-electron chi connectivity index (χ1n) is 5.34. The summed E-state index contributed by atoms with van der Waals surface area (Å²) < 4.78 is 10.6. The lowest BCUT2D eigenvalue weighted by Crippen LogP contribution is -2.01. The second-order valence-corrected chi connectivity index (χ2v) is 4.14. The quantitative estimate of drug-likeness (QED) is 0.749. The molecule has 0 amide bonds. The van der Waals surface area contributed by atoms with Crippen LogP contribution in [-0.2, 0) is 15.9 Å². The Balaban J connectivity index is 1.79. The van der Waals surface area contributed by atoms with Crippen LogP contribution in [0.15, 0.2) is 24.3 Å². The van der Waals surface area contributed by atoms with Crippen molar-refractivity contribution in [3.05, 3.63) is 35.4 Å². The van der Waals surface area contributed by atoms with Gasteiger partial charge in [-0.1, -0.05) is 24.3 Å². The van der Waals surface area contributed by atoms with Gasteiger partial charge < -0.3 is 14.6 Å². The molecule has 3 atom stereocenters. The van der Waals surface area contributed by atoms with Crippen LogP contribution in [-0.4, -0.2) is 30.5 Å². The molecule has 0 spiro atoms. The fourth-order valence-electron chi connectivity index (χ4n) is 1.98. The van der Waals surface area contributed by atoms with Crippen LogP contribution in [0.5, 0.6) is 0 Å². The van der Waals surface area contributed by atoms with Crippen LogP contribution in [0.4, 0.5) is 0 Å². The Labute approximate surface area is 88.6 Å². The van der Waals surface area contributed by atoms with Crippen LogP contribution in [0.1, 0.15) is 17.2 Å². The van der Waals surface area contributed by atoms with Crippen molar-refractivity contribution in [1.29, 1.82) is 0 Å². The summed E-state index contributed by atoms with van der Waals surface area (Å²) in [6.07, 6.45) is 1.47. The molecule has 2 heterocycles. The van der Waals surface area contributed by atoms with Gasteiger partial charge >= 0.3 is 0 Å². The number of rotatable bonds is 4. The van der Waals surface area contributed by atoms with Gasteiger partial charge in [0.2, 0.25) is 0 Å². The third-order valence-corrected chi connectivity index (χ3v) is 2.97. The molecule has 3 unspecified atom stereocenters. The summed E-state index contributed by atoms with van der Waals surface area (Å²) in [4.78, 5) is 0. The summed E-state index contributed by atoms with van der Waals surface area (Å²) in [6, 6.07) is 8.26. The average Bonchev–Trinajstić information content (AvgIpc) is 3.13. The van der Waals surface area contributed by atoms with Gasteiger partial charge in [-0.25, -0.2) is 0 Å². The number of aliphatic hydroxyl groups is 1. The van der Waals surface area contributed by atoms with Gasteiger partial charge in [0.15, 0.2) is 0 Å². The molecule has 0 saturated carbocycles. The second kappa shape index (κ2) is 3.59. The monoisotopic (exact) mass is 206 g/mol. The molecule has 3 nitrogen and oxygen atoms in total. The maximum Gasteiger partial charge on any atom is 0.112 e. The van der Waals surface area contributed by atoms with Crippen molar-refractivity contribution in [2.75, 3.05) is 13.2 Å². The van der Waals surface area contributed by atoms with Crippen molar-refractivity contribution in [1.82, 2.24) is 0 Å². The van der Waals surface area contributed by atoms with E-state index in [0.717, 1.165) is 13.0 Å². The molecule has 0 aliphatic carbocycles. The molecular weight excluding hydrogens is 192 g/mol. The summed E-state index contributed by atoms with van der Waals surface area (Å²) in [7, 11) is 0. The van der Waals surface area contributed by atoms with Crippen LogP contribution >= 0.6 is 0 Å². The lowest BCUT2D eigenvalue weighted by Gasteiger charge is -2.05.